The second-order valence-electron chi connectivity index (χ2n) is 5.66. The number of hydrogen-bond donors (Lipinski definition) is 1. The number of nitrogens with two attached hydrogens (primary N) is 1. The number of methoxy groups -OCH3 is 1. The Morgan fingerprint density at radius 1 is 1.00 bits per heavy atom. The van der Waals surface area contributed by atoms with Crippen LogP contribution >= 0.6 is 0 Å². The normalized spacial score (nSPS) is 13.8. The highest BCUT2D eigenvalue weighted by Gasteiger charge is 2.25. The summed E-state index contributed by atoms with van der Waals surface area (Å²) in [5, 5.41) is 0. The van der Waals surface area contributed by atoms with Gasteiger partial charge in [0.2, 0.25) is 0 Å². The van der Waals surface area contributed by atoms with Gasteiger partial charge in [-0.1, -0.05) is 48.9 Å². The molecule has 0 bridgehead atoms. The Bertz CT molecular complexity index is 545. The summed E-state index contributed by atoms with van der Waals surface area (Å²) in [4.78, 5) is 0. The standard InChI is InChI=1S/C18H23NO/c1-14-4-8-16(9-5-14)18(2,13-19)12-15-6-10-17(20-3)11-7-15/h4-11H,12-13,19H2,1-3H3. The number of hydrogen-bond acceptors (Lipinski definition) is 2. The minimum atomic E-state index is -0.0394. The largest absolute Gasteiger partial charge is 0.497 e. The lowest BCUT2D eigenvalue weighted by molar-refractivity contribution is 0.414. The van der Waals surface area contributed by atoms with Crippen molar-refractivity contribution in [3.63, 3.8) is 0 Å². The van der Waals surface area contributed by atoms with Gasteiger partial charge in [-0.2, -0.15) is 0 Å². The Labute approximate surface area is 121 Å². The Balaban J connectivity index is 2.23. The average molecular weight is 269 g/mol. The molecule has 2 N–H and O–H groups in total. The molecule has 0 fully saturated rings. The van der Waals surface area contributed by atoms with Crippen LogP contribution in [0.25, 0.3) is 0 Å². The zero-order valence-electron chi connectivity index (χ0n) is 12.5. The van der Waals surface area contributed by atoms with Gasteiger partial charge in [-0.15, -0.1) is 0 Å². The first-order valence-electron chi connectivity index (χ1n) is 6.97. The molecule has 0 aliphatic carbocycles. The molecule has 0 saturated heterocycles. The van der Waals surface area contributed by atoms with Gasteiger partial charge in [0.05, 0.1) is 7.11 Å². The predicted molar refractivity (Wildman–Crippen MR) is 84.3 cm³/mol. The van der Waals surface area contributed by atoms with Crippen molar-refractivity contribution in [2.75, 3.05) is 13.7 Å². The van der Waals surface area contributed by atoms with Crippen molar-refractivity contribution < 1.29 is 4.74 Å². The van der Waals surface area contributed by atoms with Crippen LogP contribution in [0, 0.1) is 6.92 Å². The van der Waals surface area contributed by atoms with Crippen molar-refractivity contribution in [2.24, 2.45) is 5.73 Å². The summed E-state index contributed by atoms with van der Waals surface area (Å²) in [6.07, 6.45) is 0.927. The van der Waals surface area contributed by atoms with E-state index in [4.69, 9.17) is 10.5 Å². The minimum absolute atomic E-state index is 0.0394. The van der Waals surface area contributed by atoms with E-state index in [2.05, 4.69) is 50.2 Å². The second kappa shape index (κ2) is 6.10. The molecule has 0 amide bonds. The summed E-state index contributed by atoms with van der Waals surface area (Å²) in [5.41, 5.74) is 9.86. The van der Waals surface area contributed by atoms with Crippen LogP contribution in [-0.2, 0) is 11.8 Å². The van der Waals surface area contributed by atoms with Crippen molar-refractivity contribution >= 4 is 0 Å². The molecule has 20 heavy (non-hydrogen) atoms. The average Bonchev–Trinajstić information content (AvgIpc) is 2.48. The first-order valence-corrected chi connectivity index (χ1v) is 6.97. The molecular weight excluding hydrogens is 246 g/mol. The van der Waals surface area contributed by atoms with E-state index in [1.165, 1.54) is 16.7 Å². The molecule has 0 heterocycles. The highest BCUT2D eigenvalue weighted by atomic mass is 16.5. The monoisotopic (exact) mass is 269 g/mol. The van der Waals surface area contributed by atoms with E-state index in [9.17, 15) is 0 Å². The van der Waals surface area contributed by atoms with Crippen LogP contribution in [0.15, 0.2) is 48.5 Å². The predicted octanol–water partition coefficient (Wildman–Crippen LogP) is 3.46. The van der Waals surface area contributed by atoms with Crippen molar-refractivity contribution in [2.45, 2.75) is 25.7 Å². The summed E-state index contributed by atoms with van der Waals surface area (Å²) in [5.74, 6) is 0.888. The van der Waals surface area contributed by atoms with Crippen molar-refractivity contribution in [1.82, 2.24) is 0 Å². The van der Waals surface area contributed by atoms with Gasteiger partial charge < -0.3 is 10.5 Å². The fourth-order valence-electron chi connectivity index (χ4n) is 2.44. The molecule has 2 heteroatoms. The lowest BCUT2D eigenvalue weighted by Gasteiger charge is -2.29. The van der Waals surface area contributed by atoms with E-state index in [-0.39, 0.29) is 5.41 Å². The molecule has 0 spiro atoms. The summed E-state index contributed by atoms with van der Waals surface area (Å²) in [6, 6.07) is 16.9. The van der Waals surface area contributed by atoms with Gasteiger partial charge in [0.1, 0.15) is 5.75 Å². The quantitative estimate of drug-likeness (QED) is 0.902. The Morgan fingerprint density at radius 2 is 1.60 bits per heavy atom. The van der Waals surface area contributed by atoms with Gasteiger partial charge >= 0.3 is 0 Å². The number of rotatable bonds is 5. The maximum Gasteiger partial charge on any atom is 0.118 e. The van der Waals surface area contributed by atoms with Crippen LogP contribution < -0.4 is 10.5 Å². The van der Waals surface area contributed by atoms with Crippen LogP contribution in [-0.4, -0.2) is 13.7 Å². The molecule has 1 atom stereocenters. The van der Waals surface area contributed by atoms with Crippen molar-refractivity contribution in [3.8, 4) is 5.75 Å². The number of aryl methyl sites for hydroxylation is 1. The summed E-state index contributed by atoms with van der Waals surface area (Å²) < 4.78 is 5.20. The van der Waals surface area contributed by atoms with Gasteiger partial charge in [0.25, 0.3) is 0 Å². The smallest absolute Gasteiger partial charge is 0.118 e. The molecule has 0 saturated carbocycles. The summed E-state index contributed by atoms with van der Waals surface area (Å²) in [7, 11) is 1.69. The van der Waals surface area contributed by atoms with E-state index < -0.39 is 0 Å². The molecule has 2 aromatic carbocycles. The number of benzene rings is 2. The van der Waals surface area contributed by atoms with Gasteiger partial charge in [-0.25, -0.2) is 0 Å². The van der Waals surface area contributed by atoms with E-state index in [0.717, 1.165) is 12.2 Å². The fourth-order valence-corrected chi connectivity index (χ4v) is 2.44. The fraction of sp³-hybridized carbons (Fsp3) is 0.333. The van der Waals surface area contributed by atoms with Crippen LogP contribution in [0.4, 0.5) is 0 Å². The molecular formula is C18H23NO. The molecule has 0 aromatic heterocycles. The number of ether oxygens (including phenoxy) is 1. The van der Waals surface area contributed by atoms with Crippen LogP contribution in [0.1, 0.15) is 23.6 Å². The highest BCUT2D eigenvalue weighted by molar-refractivity contribution is 5.33. The van der Waals surface area contributed by atoms with E-state index in [0.29, 0.717) is 6.54 Å². The molecule has 2 aromatic rings. The zero-order valence-corrected chi connectivity index (χ0v) is 12.5. The van der Waals surface area contributed by atoms with Crippen LogP contribution in [0.3, 0.4) is 0 Å². The third-order valence-corrected chi connectivity index (χ3v) is 3.95. The third kappa shape index (κ3) is 3.20. The Kier molecular flexibility index (Phi) is 4.46. The molecule has 2 rings (SSSR count). The van der Waals surface area contributed by atoms with Crippen LogP contribution in [0.5, 0.6) is 5.75 Å². The first-order chi connectivity index (χ1) is 9.57. The lowest BCUT2D eigenvalue weighted by atomic mass is 9.77. The summed E-state index contributed by atoms with van der Waals surface area (Å²) >= 11 is 0. The van der Waals surface area contributed by atoms with E-state index in [1.54, 1.807) is 7.11 Å². The van der Waals surface area contributed by atoms with Crippen molar-refractivity contribution in [3.05, 3.63) is 65.2 Å². The van der Waals surface area contributed by atoms with Crippen molar-refractivity contribution in [1.29, 1.82) is 0 Å². The second-order valence-corrected chi connectivity index (χ2v) is 5.66. The Hall–Kier alpha value is -1.80. The maximum absolute atomic E-state index is 6.06. The first kappa shape index (κ1) is 14.6. The topological polar surface area (TPSA) is 35.2 Å². The zero-order chi connectivity index (χ0) is 14.6. The molecule has 0 radical (unpaired) electrons. The molecule has 2 nitrogen and oxygen atoms in total. The van der Waals surface area contributed by atoms with Gasteiger partial charge in [0, 0.05) is 12.0 Å². The molecule has 0 aliphatic heterocycles. The van der Waals surface area contributed by atoms with Gasteiger partial charge in [-0.3, -0.25) is 0 Å². The van der Waals surface area contributed by atoms with Crippen LogP contribution in [0.2, 0.25) is 0 Å². The molecule has 106 valence electrons. The molecule has 1 unspecified atom stereocenters. The van der Waals surface area contributed by atoms with E-state index in [1.807, 2.05) is 12.1 Å². The maximum atomic E-state index is 6.06. The molecule has 0 aliphatic rings. The van der Waals surface area contributed by atoms with E-state index >= 15 is 0 Å². The highest BCUT2D eigenvalue weighted by Crippen LogP contribution is 2.28. The Morgan fingerprint density at radius 3 is 2.10 bits per heavy atom. The third-order valence-electron chi connectivity index (χ3n) is 3.95. The summed E-state index contributed by atoms with van der Waals surface area (Å²) in [6.45, 7) is 4.96. The van der Waals surface area contributed by atoms with Gasteiger partial charge in [0.15, 0.2) is 0 Å². The lowest BCUT2D eigenvalue weighted by Crippen LogP contribution is -2.34. The minimum Gasteiger partial charge on any atom is -0.497 e. The van der Waals surface area contributed by atoms with Gasteiger partial charge in [-0.05, 0) is 36.6 Å². The SMILES string of the molecule is COc1ccc(CC(C)(CN)c2ccc(C)cc2)cc1.